The molecule has 1 aliphatic rings. The number of nitriles is 1. The van der Waals surface area contributed by atoms with Crippen LogP contribution in [0.2, 0.25) is 0 Å². The number of anilines is 1. The van der Waals surface area contributed by atoms with Crippen molar-refractivity contribution in [1.29, 1.82) is 5.26 Å². The molecule has 1 aliphatic heterocycles. The van der Waals surface area contributed by atoms with Gasteiger partial charge in [0.2, 0.25) is 0 Å². The molecule has 1 atom stereocenters. The Morgan fingerprint density at radius 1 is 1.25 bits per heavy atom. The van der Waals surface area contributed by atoms with Gasteiger partial charge in [-0.05, 0) is 24.6 Å². The van der Waals surface area contributed by atoms with Gasteiger partial charge in [-0.15, -0.1) is 0 Å². The lowest BCUT2D eigenvalue weighted by molar-refractivity contribution is 0.310. The molecule has 0 saturated heterocycles. The first-order valence-corrected chi connectivity index (χ1v) is 8.63. The maximum atomic E-state index is 13.0. The molecular formula is C19H21N5O4. The number of nitrogens with one attached hydrogen (secondary N) is 1. The minimum Gasteiger partial charge on any atom is -0.493 e. The Bertz CT molecular complexity index is 1140. The van der Waals surface area contributed by atoms with Crippen molar-refractivity contribution in [2.45, 2.75) is 12.8 Å². The van der Waals surface area contributed by atoms with Crippen LogP contribution in [-0.2, 0) is 14.1 Å². The number of rotatable bonds is 4. The van der Waals surface area contributed by atoms with Crippen LogP contribution in [0.15, 0.2) is 39.2 Å². The van der Waals surface area contributed by atoms with Gasteiger partial charge >= 0.3 is 5.69 Å². The van der Waals surface area contributed by atoms with E-state index in [0.717, 1.165) is 4.57 Å². The van der Waals surface area contributed by atoms with Gasteiger partial charge in [-0.25, -0.2) is 4.79 Å². The summed E-state index contributed by atoms with van der Waals surface area (Å²) >= 11 is 0. The first-order chi connectivity index (χ1) is 13.3. The third kappa shape index (κ3) is 2.79. The summed E-state index contributed by atoms with van der Waals surface area (Å²) in [5.41, 5.74) is 6.15. The minimum atomic E-state index is -0.753. The molecule has 0 bridgehead atoms. The zero-order chi connectivity index (χ0) is 20.6. The van der Waals surface area contributed by atoms with Gasteiger partial charge < -0.3 is 20.5 Å². The highest BCUT2D eigenvalue weighted by Crippen LogP contribution is 2.40. The standard InChI is InChI=1S/C19H21N5O4/c1-5-28-13-8-10(6-7-12(13)27-4)14-11(9-20)16(21)22-17-15(14)18(25)24(3)19(26)23(17)2/h6-8,14,22H,5,21H2,1-4H3/t14-/m0/s1. The summed E-state index contributed by atoms with van der Waals surface area (Å²) in [5.74, 6) is 0.626. The van der Waals surface area contributed by atoms with E-state index < -0.39 is 17.2 Å². The van der Waals surface area contributed by atoms with Gasteiger partial charge in [0, 0.05) is 14.1 Å². The van der Waals surface area contributed by atoms with Crippen molar-refractivity contribution >= 4 is 5.82 Å². The van der Waals surface area contributed by atoms with Crippen LogP contribution in [0, 0.1) is 11.3 Å². The van der Waals surface area contributed by atoms with E-state index in [1.54, 1.807) is 18.2 Å². The number of nitrogens with zero attached hydrogens (tertiary/aromatic N) is 3. The molecule has 0 unspecified atom stereocenters. The van der Waals surface area contributed by atoms with Gasteiger partial charge in [0.15, 0.2) is 11.5 Å². The smallest absolute Gasteiger partial charge is 0.332 e. The topological polar surface area (TPSA) is 124 Å². The van der Waals surface area contributed by atoms with E-state index >= 15 is 0 Å². The van der Waals surface area contributed by atoms with Gasteiger partial charge in [-0.3, -0.25) is 13.9 Å². The number of aromatic nitrogens is 2. The summed E-state index contributed by atoms with van der Waals surface area (Å²) in [6.45, 7) is 2.26. The summed E-state index contributed by atoms with van der Waals surface area (Å²) < 4.78 is 13.3. The molecule has 9 heteroatoms. The number of benzene rings is 1. The Morgan fingerprint density at radius 2 is 1.96 bits per heavy atom. The quantitative estimate of drug-likeness (QED) is 0.798. The average Bonchev–Trinajstić information content (AvgIpc) is 2.70. The van der Waals surface area contributed by atoms with Gasteiger partial charge in [-0.2, -0.15) is 5.26 Å². The highest BCUT2D eigenvalue weighted by atomic mass is 16.5. The van der Waals surface area contributed by atoms with Crippen LogP contribution in [0.5, 0.6) is 11.5 Å². The molecule has 28 heavy (non-hydrogen) atoms. The molecule has 9 nitrogen and oxygen atoms in total. The predicted molar refractivity (Wildman–Crippen MR) is 103 cm³/mol. The lowest BCUT2D eigenvalue weighted by Gasteiger charge is -2.28. The number of methoxy groups -OCH3 is 1. The molecule has 2 heterocycles. The van der Waals surface area contributed by atoms with Gasteiger partial charge in [0.25, 0.3) is 5.56 Å². The van der Waals surface area contributed by atoms with Gasteiger partial charge in [0.1, 0.15) is 11.6 Å². The Kier molecular flexibility index (Phi) is 4.88. The number of hydrogen-bond acceptors (Lipinski definition) is 7. The third-order valence-corrected chi connectivity index (χ3v) is 4.76. The normalized spacial score (nSPS) is 15.5. The molecule has 0 radical (unpaired) electrons. The van der Waals surface area contributed by atoms with E-state index in [0.29, 0.717) is 23.7 Å². The summed E-state index contributed by atoms with van der Waals surface area (Å²) in [4.78, 5) is 25.3. The largest absolute Gasteiger partial charge is 0.493 e. The van der Waals surface area contributed by atoms with E-state index in [1.165, 1.54) is 25.8 Å². The van der Waals surface area contributed by atoms with Crippen molar-refractivity contribution < 1.29 is 9.47 Å². The fourth-order valence-electron chi connectivity index (χ4n) is 3.38. The lowest BCUT2D eigenvalue weighted by atomic mass is 9.83. The van der Waals surface area contributed by atoms with E-state index in [4.69, 9.17) is 15.2 Å². The van der Waals surface area contributed by atoms with E-state index in [9.17, 15) is 14.9 Å². The predicted octanol–water partition coefficient (Wildman–Crippen LogP) is 0.743. The maximum Gasteiger partial charge on any atom is 0.332 e. The molecule has 0 spiro atoms. The van der Waals surface area contributed by atoms with Crippen molar-refractivity contribution in [3.05, 3.63) is 61.6 Å². The fourth-order valence-corrected chi connectivity index (χ4v) is 3.38. The number of hydrogen-bond donors (Lipinski definition) is 2. The Labute approximate surface area is 161 Å². The summed E-state index contributed by atoms with van der Waals surface area (Å²) in [6.07, 6.45) is 0. The molecule has 146 valence electrons. The van der Waals surface area contributed by atoms with Crippen LogP contribution in [-0.4, -0.2) is 22.9 Å². The van der Waals surface area contributed by atoms with E-state index in [2.05, 4.69) is 11.4 Å². The van der Waals surface area contributed by atoms with E-state index in [1.807, 2.05) is 6.92 Å². The van der Waals surface area contributed by atoms with Crippen LogP contribution in [0.25, 0.3) is 0 Å². The second-order valence-corrected chi connectivity index (χ2v) is 6.31. The number of ether oxygens (including phenoxy) is 2. The van der Waals surface area contributed by atoms with Gasteiger partial charge in [-0.1, -0.05) is 6.07 Å². The first-order valence-electron chi connectivity index (χ1n) is 8.63. The first kappa shape index (κ1) is 19.1. The second kappa shape index (κ2) is 7.15. The second-order valence-electron chi connectivity index (χ2n) is 6.31. The number of fused-ring (bicyclic) bond motifs is 1. The molecule has 0 saturated carbocycles. The Hall–Kier alpha value is -3.67. The minimum absolute atomic E-state index is 0.0945. The van der Waals surface area contributed by atoms with Crippen molar-refractivity contribution in [3.63, 3.8) is 0 Å². The molecule has 3 rings (SSSR count). The van der Waals surface area contributed by atoms with Crippen LogP contribution in [0.3, 0.4) is 0 Å². The Balaban J connectivity index is 2.35. The van der Waals surface area contributed by atoms with E-state index in [-0.39, 0.29) is 22.8 Å². The highest BCUT2D eigenvalue weighted by Gasteiger charge is 2.34. The lowest BCUT2D eigenvalue weighted by Crippen LogP contribution is -2.43. The maximum absolute atomic E-state index is 13.0. The fraction of sp³-hybridized carbons (Fsp3) is 0.316. The highest BCUT2D eigenvalue weighted by molar-refractivity contribution is 5.65. The molecule has 3 N–H and O–H groups in total. The summed E-state index contributed by atoms with van der Waals surface area (Å²) in [6, 6.07) is 7.26. The number of allylic oxidation sites excluding steroid dienone is 1. The molecular weight excluding hydrogens is 362 g/mol. The van der Waals surface area contributed by atoms with Crippen LogP contribution < -0.4 is 31.8 Å². The average molecular weight is 383 g/mol. The van der Waals surface area contributed by atoms with Crippen molar-refractivity contribution in [1.82, 2.24) is 9.13 Å². The monoisotopic (exact) mass is 383 g/mol. The summed E-state index contributed by atoms with van der Waals surface area (Å²) in [7, 11) is 4.46. The molecule has 1 aromatic carbocycles. The van der Waals surface area contributed by atoms with Crippen molar-refractivity contribution in [2.24, 2.45) is 19.8 Å². The Morgan fingerprint density at radius 3 is 2.57 bits per heavy atom. The molecule has 2 aromatic rings. The third-order valence-electron chi connectivity index (χ3n) is 4.76. The molecule has 0 aliphatic carbocycles. The molecule has 0 fully saturated rings. The van der Waals surface area contributed by atoms with Gasteiger partial charge in [0.05, 0.1) is 36.8 Å². The van der Waals surface area contributed by atoms with Crippen molar-refractivity contribution in [3.8, 4) is 17.6 Å². The number of nitrogens with two attached hydrogens (primary N) is 1. The van der Waals surface area contributed by atoms with Crippen LogP contribution in [0.1, 0.15) is 24.0 Å². The SMILES string of the molecule is CCOc1cc([C@H]2C(C#N)=C(N)Nc3c2c(=O)n(C)c(=O)n3C)ccc1OC. The van der Waals surface area contributed by atoms with Crippen LogP contribution >= 0.6 is 0 Å². The van der Waals surface area contributed by atoms with Crippen LogP contribution in [0.4, 0.5) is 5.82 Å². The van der Waals surface area contributed by atoms with Crippen molar-refractivity contribution in [2.75, 3.05) is 19.0 Å². The molecule has 1 aromatic heterocycles. The molecule has 0 amide bonds. The summed E-state index contributed by atoms with van der Waals surface area (Å²) in [5, 5.41) is 12.5. The zero-order valence-corrected chi connectivity index (χ0v) is 16.1. The zero-order valence-electron chi connectivity index (χ0n) is 16.1.